The molecule has 0 bridgehead atoms. The summed E-state index contributed by atoms with van der Waals surface area (Å²) in [6.45, 7) is 0.0778. The molecule has 0 spiro atoms. The van der Waals surface area contributed by atoms with Gasteiger partial charge in [0.15, 0.2) is 0 Å². The van der Waals surface area contributed by atoms with Gasteiger partial charge in [-0.1, -0.05) is 91.0 Å². The minimum absolute atomic E-state index is 0.0778. The Morgan fingerprint density at radius 2 is 1.37 bits per heavy atom. The fourth-order valence-corrected chi connectivity index (χ4v) is 4.67. The lowest BCUT2D eigenvalue weighted by molar-refractivity contribution is -0.0944. The van der Waals surface area contributed by atoms with Crippen LogP contribution in [0.15, 0.2) is 113 Å². The summed E-state index contributed by atoms with van der Waals surface area (Å²) in [6.07, 6.45) is -0.644. The van der Waals surface area contributed by atoms with Crippen LogP contribution < -0.4 is 11.2 Å². The summed E-state index contributed by atoms with van der Waals surface area (Å²) >= 11 is 0. The molecular formula is C28H26N2O5. The van der Waals surface area contributed by atoms with E-state index in [1.165, 1.54) is 16.8 Å². The molecule has 3 aromatic carbocycles. The zero-order chi connectivity index (χ0) is 24.3. The molecule has 7 heteroatoms. The lowest BCUT2D eigenvalue weighted by atomic mass is 9.80. The normalized spacial score (nSPS) is 20.1. The molecule has 0 radical (unpaired) electrons. The summed E-state index contributed by atoms with van der Waals surface area (Å²) in [5, 5.41) is 10.8. The van der Waals surface area contributed by atoms with Gasteiger partial charge in [-0.3, -0.25) is 14.3 Å². The molecule has 1 aromatic heterocycles. The number of hydrogen-bond acceptors (Lipinski definition) is 5. The van der Waals surface area contributed by atoms with Crippen LogP contribution in [0.4, 0.5) is 0 Å². The molecule has 3 atom stereocenters. The van der Waals surface area contributed by atoms with Gasteiger partial charge >= 0.3 is 5.69 Å². The molecule has 35 heavy (non-hydrogen) atoms. The van der Waals surface area contributed by atoms with Gasteiger partial charge in [-0.05, 0) is 16.7 Å². The molecule has 0 saturated carbocycles. The third-order valence-corrected chi connectivity index (χ3v) is 6.37. The Morgan fingerprint density at radius 3 is 1.86 bits per heavy atom. The van der Waals surface area contributed by atoms with Crippen LogP contribution in [-0.2, 0) is 15.1 Å². The van der Waals surface area contributed by atoms with Crippen LogP contribution in [0.1, 0.15) is 29.3 Å². The number of aromatic nitrogens is 2. The predicted molar refractivity (Wildman–Crippen MR) is 131 cm³/mol. The maximum Gasteiger partial charge on any atom is 0.330 e. The molecule has 1 fully saturated rings. The van der Waals surface area contributed by atoms with Gasteiger partial charge < -0.3 is 14.6 Å². The summed E-state index contributed by atoms with van der Waals surface area (Å²) in [6, 6.07) is 31.1. The number of aromatic amines is 1. The summed E-state index contributed by atoms with van der Waals surface area (Å²) < 4.78 is 14.1. The summed E-state index contributed by atoms with van der Waals surface area (Å²) in [5.41, 5.74) is 0.821. The van der Waals surface area contributed by atoms with E-state index in [1.54, 1.807) is 0 Å². The quantitative estimate of drug-likeness (QED) is 0.405. The Labute approximate surface area is 202 Å². The number of hydrogen-bond donors (Lipinski definition) is 2. The Morgan fingerprint density at radius 1 is 0.857 bits per heavy atom. The van der Waals surface area contributed by atoms with Crippen molar-refractivity contribution in [2.75, 3.05) is 6.61 Å². The van der Waals surface area contributed by atoms with Crippen molar-refractivity contribution in [2.45, 2.75) is 30.5 Å². The van der Waals surface area contributed by atoms with E-state index in [0.29, 0.717) is 0 Å². The highest BCUT2D eigenvalue weighted by atomic mass is 16.6. The summed E-state index contributed by atoms with van der Waals surface area (Å²) in [5.74, 6) is 0. The van der Waals surface area contributed by atoms with E-state index in [9.17, 15) is 14.7 Å². The average molecular weight is 471 g/mol. The number of nitrogens with one attached hydrogen (secondary N) is 1. The van der Waals surface area contributed by atoms with Gasteiger partial charge in [-0.25, -0.2) is 4.79 Å². The van der Waals surface area contributed by atoms with Gasteiger partial charge in [-0.15, -0.1) is 0 Å². The van der Waals surface area contributed by atoms with E-state index in [4.69, 9.17) is 9.47 Å². The lowest BCUT2D eigenvalue weighted by Gasteiger charge is -2.37. The van der Waals surface area contributed by atoms with Crippen molar-refractivity contribution in [2.24, 2.45) is 0 Å². The number of benzene rings is 3. The largest absolute Gasteiger partial charge is 0.390 e. The van der Waals surface area contributed by atoms with Crippen LogP contribution in [0, 0.1) is 0 Å². The van der Waals surface area contributed by atoms with E-state index in [-0.39, 0.29) is 13.0 Å². The monoisotopic (exact) mass is 470 g/mol. The second-order valence-electron chi connectivity index (χ2n) is 8.54. The molecule has 5 rings (SSSR count). The van der Waals surface area contributed by atoms with E-state index in [0.717, 1.165) is 16.7 Å². The zero-order valence-electron chi connectivity index (χ0n) is 19.0. The van der Waals surface area contributed by atoms with E-state index in [2.05, 4.69) is 4.98 Å². The van der Waals surface area contributed by atoms with Crippen molar-refractivity contribution < 1.29 is 14.6 Å². The van der Waals surface area contributed by atoms with Gasteiger partial charge in [0, 0.05) is 18.7 Å². The molecule has 0 aliphatic carbocycles. The first kappa shape index (κ1) is 23.0. The maximum atomic E-state index is 12.2. The number of ether oxygens (including phenoxy) is 2. The second kappa shape index (κ2) is 9.84. The van der Waals surface area contributed by atoms with Crippen LogP contribution in [0.2, 0.25) is 0 Å². The molecule has 1 aliphatic heterocycles. The summed E-state index contributed by atoms with van der Waals surface area (Å²) in [7, 11) is 0. The zero-order valence-corrected chi connectivity index (χ0v) is 19.0. The highest BCUT2D eigenvalue weighted by Gasteiger charge is 2.41. The molecule has 1 saturated heterocycles. The second-order valence-corrected chi connectivity index (χ2v) is 8.54. The van der Waals surface area contributed by atoms with Gasteiger partial charge in [0.25, 0.3) is 5.56 Å². The minimum atomic E-state index is -0.945. The number of aliphatic hydroxyl groups is 1. The van der Waals surface area contributed by atoms with Crippen molar-refractivity contribution in [1.29, 1.82) is 0 Å². The first-order valence-corrected chi connectivity index (χ1v) is 11.5. The van der Waals surface area contributed by atoms with Gasteiger partial charge in [0.2, 0.25) is 0 Å². The molecule has 4 aromatic rings. The Bertz CT molecular complexity index is 1270. The van der Waals surface area contributed by atoms with Crippen molar-refractivity contribution in [3.63, 3.8) is 0 Å². The van der Waals surface area contributed by atoms with Gasteiger partial charge in [-0.2, -0.15) is 0 Å². The molecule has 0 amide bonds. The smallest absolute Gasteiger partial charge is 0.330 e. The van der Waals surface area contributed by atoms with Crippen molar-refractivity contribution in [3.8, 4) is 0 Å². The molecule has 2 N–H and O–H groups in total. The first-order chi connectivity index (χ1) is 17.1. The van der Waals surface area contributed by atoms with Crippen LogP contribution in [-0.4, -0.2) is 33.5 Å². The van der Waals surface area contributed by atoms with E-state index < -0.39 is 35.3 Å². The Balaban J connectivity index is 1.50. The standard InChI is InChI=1S/C28H26N2O5/c31-23-18-26(30-17-16-25(32)29-27(30)33)35-24(23)19-34-28(20-10-4-1-5-11-20,21-12-6-2-7-13-21)22-14-8-3-9-15-22/h1-17,23-24,26,31H,18-19H2,(H,29,32,33)/t23?,24-,26-/m0/s1. The van der Waals surface area contributed by atoms with Gasteiger partial charge in [0.05, 0.1) is 12.7 Å². The SMILES string of the molecule is O=c1ccn([C@@H]2CC(O)[C@H](COC(c3ccccc3)(c3ccccc3)c3ccccc3)O2)c(=O)[nH]1. The minimum Gasteiger partial charge on any atom is -0.390 e. The fraction of sp³-hybridized carbons (Fsp3) is 0.214. The molecule has 1 unspecified atom stereocenters. The number of H-pyrrole nitrogens is 1. The molecule has 7 nitrogen and oxygen atoms in total. The highest BCUT2D eigenvalue weighted by Crippen LogP contribution is 2.41. The van der Waals surface area contributed by atoms with E-state index >= 15 is 0 Å². The molecule has 1 aliphatic rings. The van der Waals surface area contributed by atoms with Crippen LogP contribution >= 0.6 is 0 Å². The number of aliphatic hydroxyl groups excluding tert-OH is 1. The topological polar surface area (TPSA) is 93.6 Å². The predicted octanol–water partition coefficient (Wildman–Crippen LogP) is 3.19. The van der Waals surface area contributed by atoms with Crippen LogP contribution in [0.5, 0.6) is 0 Å². The highest BCUT2D eigenvalue weighted by molar-refractivity contribution is 5.47. The van der Waals surface area contributed by atoms with Crippen LogP contribution in [0.25, 0.3) is 0 Å². The van der Waals surface area contributed by atoms with Gasteiger partial charge in [0.1, 0.15) is 17.9 Å². The molecule has 2 heterocycles. The summed E-state index contributed by atoms with van der Waals surface area (Å²) in [4.78, 5) is 25.9. The molecule has 178 valence electrons. The number of rotatable bonds is 7. The third kappa shape index (κ3) is 4.49. The third-order valence-electron chi connectivity index (χ3n) is 6.37. The first-order valence-electron chi connectivity index (χ1n) is 11.5. The lowest BCUT2D eigenvalue weighted by Crippen LogP contribution is -2.38. The fourth-order valence-electron chi connectivity index (χ4n) is 4.67. The van der Waals surface area contributed by atoms with Crippen molar-refractivity contribution >= 4 is 0 Å². The average Bonchev–Trinajstić information content (AvgIpc) is 3.26. The maximum absolute atomic E-state index is 12.2. The molecular weight excluding hydrogens is 444 g/mol. The van der Waals surface area contributed by atoms with Crippen LogP contribution in [0.3, 0.4) is 0 Å². The van der Waals surface area contributed by atoms with Crippen molar-refractivity contribution in [1.82, 2.24) is 9.55 Å². The number of nitrogens with zero attached hydrogens (tertiary/aromatic N) is 1. The Kier molecular flexibility index (Phi) is 6.46. The van der Waals surface area contributed by atoms with Crippen molar-refractivity contribution in [3.05, 3.63) is 141 Å². The Hall–Kier alpha value is -3.78. The van der Waals surface area contributed by atoms with E-state index in [1.807, 2.05) is 91.0 Å².